The summed E-state index contributed by atoms with van der Waals surface area (Å²) >= 11 is 0. The van der Waals surface area contributed by atoms with E-state index < -0.39 is 10.0 Å². The molecule has 142 valence electrons. The molecule has 7 nitrogen and oxygen atoms in total. The molecule has 8 heteroatoms. The zero-order valence-electron chi connectivity index (χ0n) is 15.5. The van der Waals surface area contributed by atoms with Gasteiger partial charge in [0.2, 0.25) is 10.0 Å². The Morgan fingerprint density at radius 2 is 2.00 bits per heavy atom. The Bertz CT molecular complexity index is 467. The lowest BCUT2D eigenvalue weighted by atomic mass is 10.0. The Balaban J connectivity index is 2.21. The number of aliphatic imine (C=N–C) groups is 1. The summed E-state index contributed by atoms with van der Waals surface area (Å²) in [5.74, 6) is 0.809. The molecule has 0 saturated carbocycles. The fourth-order valence-corrected chi connectivity index (χ4v) is 3.36. The summed E-state index contributed by atoms with van der Waals surface area (Å²) in [6, 6.07) is 0.705. The van der Waals surface area contributed by atoms with Crippen molar-refractivity contribution in [3.05, 3.63) is 0 Å². The van der Waals surface area contributed by atoms with Crippen molar-refractivity contribution in [3.8, 4) is 0 Å². The van der Waals surface area contributed by atoms with Crippen LogP contribution in [0.25, 0.3) is 0 Å². The summed E-state index contributed by atoms with van der Waals surface area (Å²) in [5.41, 5.74) is 0. The molecule has 0 aromatic heterocycles. The van der Waals surface area contributed by atoms with Crippen LogP contribution in [0.3, 0.4) is 0 Å². The number of hydrogen-bond donors (Lipinski definition) is 3. The van der Waals surface area contributed by atoms with E-state index in [0.717, 1.165) is 38.4 Å². The van der Waals surface area contributed by atoms with E-state index in [2.05, 4.69) is 32.2 Å². The summed E-state index contributed by atoms with van der Waals surface area (Å²) in [7, 11) is -3.10. The minimum atomic E-state index is -3.10. The molecular formula is C16H35N5O2S. The average molecular weight is 362 g/mol. The number of guanidine groups is 1. The molecule has 0 aliphatic carbocycles. The number of nitrogens with one attached hydrogen (secondary N) is 3. The van der Waals surface area contributed by atoms with Gasteiger partial charge in [-0.25, -0.2) is 13.1 Å². The molecule has 1 heterocycles. The Hall–Kier alpha value is -0.860. The molecule has 0 bridgehead atoms. The molecule has 3 N–H and O–H groups in total. The van der Waals surface area contributed by atoms with Crippen LogP contribution in [0.4, 0.5) is 0 Å². The molecule has 1 fully saturated rings. The van der Waals surface area contributed by atoms with Crippen LogP contribution in [-0.2, 0) is 10.0 Å². The van der Waals surface area contributed by atoms with Crippen molar-refractivity contribution in [2.75, 3.05) is 45.5 Å². The van der Waals surface area contributed by atoms with Crippen LogP contribution in [0, 0.1) is 0 Å². The minimum absolute atomic E-state index is 0.443. The van der Waals surface area contributed by atoms with Gasteiger partial charge < -0.3 is 15.5 Å². The van der Waals surface area contributed by atoms with Gasteiger partial charge in [-0.1, -0.05) is 6.42 Å². The van der Waals surface area contributed by atoms with Gasteiger partial charge >= 0.3 is 0 Å². The van der Waals surface area contributed by atoms with Gasteiger partial charge in [-0.2, -0.15) is 0 Å². The Kier molecular flexibility index (Phi) is 10.3. The van der Waals surface area contributed by atoms with Gasteiger partial charge in [0.15, 0.2) is 5.96 Å². The zero-order valence-corrected chi connectivity index (χ0v) is 16.3. The quantitative estimate of drug-likeness (QED) is 0.304. The molecule has 0 amide bonds. The largest absolute Gasteiger partial charge is 0.357 e. The van der Waals surface area contributed by atoms with Crippen LogP contribution < -0.4 is 15.4 Å². The highest BCUT2D eigenvalue weighted by Gasteiger charge is 2.16. The fraction of sp³-hybridized carbons (Fsp3) is 0.938. The maximum absolute atomic E-state index is 11.0. The number of rotatable bonds is 10. The lowest BCUT2D eigenvalue weighted by molar-refractivity contribution is 0.160. The first-order chi connectivity index (χ1) is 11.4. The molecule has 0 radical (unpaired) electrons. The maximum atomic E-state index is 11.0. The van der Waals surface area contributed by atoms with Gasteiger partial charge in [0, 0.05) is 38.8 Å². The van der Waals surface area contributed by atoms with Crippen molar-refractivity contribution < 1.29 is 8.42 Å². The van der Waals surface area contributed by atoms with Crippen molar-refractivity contribution in [3.63, 3.8) is 0 Å². The van der Waals surface area contributed by atoms with E-state index in [9.17, 15) is 8.42 Å². The second-order valence-corrected chi connectivity index (χ2v) is 8.27. The van der Waals surface area contributed by atoms with Gasteiger partial charge in [-0.3, -0.25) is 4.99 Å². The number of hydrogen-bond acceptors (Lipinski definition) is 4. The maximum Gasteiger partial charge on any atom is 0.208 e. The molecule has 1 aliphatic heterocycles. The van der Waals surface area contributed by atoms with Crippen molar-refractivity contribution in [1.82, 2.24) is 20.3 Å². The van der Waals surface area contributed by atoms with E-state index in [-0.39, 0.29) is 0 Å². The number of nitrogens with zero attached hydrogens (tertiary/aromatic N) is 2. The van der Waals surface area contributed by atoms with Crippen LogP contribution in [-0.4, -0.2) is 70.8 Å². The lowest BCUT2D eigenvalue weighted by Gasteiger charge is -2.33. The SMILES string of the molecule is CCNC(=NCCCN1CCCCC1C)NCCCNS(C)(=O)=O. The predicted octanol–water partition coefficient (Wildman–Crippen LogP) is 0.745. The van der Waals surface area contributed by atoms with Crippen LogP contribution in [0.5, 0.6) is 0 Å². The summed E-state index contributed by atoms with van der Waals surface area (Å²) in [5, 5.41) is 6.47. The summed E-state index contributed by atoms with van der Waals surface area (Å²) in [6.07, 6.45) is 6.96. The first kappa shape index (κ1) is 21.2. The van der Waals surface area contributed by atoms with Crippen LogP contribution in [0.15, 0.2) is 4.99 Å². The summed E-state index contributed by atoms with van der Waals surface area (Å²) < 4.78 is 24.5. The molecule has 1 atom stereocenters. The van der Waals surface area contributed by atoms with Gasteiger partial charge in [0.1, 0.15) is 0 Å². The molecular weight excluding hydrogens is 326 g/mol. The molecule has 0 aromatic carbocycles. The van der Waals surface area contributed by atoms with Gasteiger partial charge in [-0.15, -0.1) is 0 Å². The van der Waals surface area contributed by atoms with Crippen LogP contribution in [0.1, 0.15) is 46.0 Å². The Labute approximate surface area is 147 Å². The average Bonchev–Trinajstić information content (AvgIpc) is 2.51. The highest BCUT2D eigenvalue weighted by atomic mass is 32.2. The molecule has 1 rings (SSSR count). The van der Waals surface area contributed by atoms with E-state index in [0.29, 0.717) is 19.1 Å². The standard InChI is InChI=1S/C16H35N5O2S/c1-4-17-16(18-10-7-12-20-24(3,22)23)19-11-8-14-21-13-6-5-9-15(21)2/h15,20H,4-14H2,1-3H3,(H2,17,18,19). The third-order valence-corrected chi connectivity index (χ3v) is 4.90. The fourth-order valence-electron chi connectivity index (χ4n) is 2.85. The lowest BCUT2D eigenvalue weighted by Crippen LogP contribution is -2.39. The Morgan fingerprint density at radius 3 is 2.67 bits per heavy atom. The third-order valence-electron chi connectivity index (χ3n) is 4.17. The van der Waals surface area contributed by atoms with Gasteiger partial charge in [0.25, 0.3) is 0 Å². The second kappa shape index (κ2) is 11.7. The van der Waals surface area contributed by atoms with Crippen molar-refractivity contribution in [2.45, 2.75) is 52.0 Å². The third kappa shape index (κ3) is 10.1. The predicted molar refractivity (Wildman–Crippen MR) is 101 cm³/mol. The van der Waals surface area contributed by atoms with E-state index >= 15 is 0 Å². The van der Waals surface area contributed by atoms with E-state index in [4.69, 9.17) is 0 Å². The molecule has 24 heavy (non-hydrogen) atoms. The van der Waals surface area contributed by atoms with Gasteiger partial charge in [0.05, 0.1) is 6.26 Å². The topological polar surface area (TPSA) is 85.8 Å². The number of sulfonamides is 1. The highest BCUT2D eigenvalue weighted by molar-refractivity contribution is 7.88. The molecule has 0 aromatic rings. The highest BCUT2D eigenvalue weighted by Crippen LogP contribution is 2.16. The van der Waals surface area contributed by atoms with Crippen molar-refractivity contribution in [1.29, 1.82) is 0 Å². The Morgan fingerprint density at radius 1 is 1.21 bits per heavy atom. The van der Waals surface area contributed by atoms with E-state index in [1.807, 2.05) is 6.92 Å². The second-order valence-electron chi connectivity index (χ2n) is 6.44. The van der Waals surface area contributed by atoms with Crippen molar-refractivity contribution >= 4 is 16.0 Å². The van der Waals surface area contributed by atoms with E-state index in [1.54, 1.807) is 0 Å². The van der Waals surface area contributed by atoms with Crippen LogP contribution in [0.2, 0.25) is 0 Å². The van der Waals surface area contributed by atoms with Crippen molar-refractivity contribution in [2.24, 2.45) is 4.99 Å². The first-order valence-electron chi connectivity index (χ1n) is 9.13. The molecule has 1 saturated heterocycles. The number of piperidine rings is 1. The normalized spacial score (nSPS) is 20.1. The van der Waals surface area contributed by atoms with Gasteiger partial charge in [-0.05, 0) is 46.1 Å². The first-order valence-corrected chi connectivity index (χ1v) is 11.0. The van der Waals surface area contributed by atoms with E-state index in [1.165, 1.54) is 32.1 Å². The van der Waals surface area contributed by atoms with Crippen LogP contribution >= 0.6 is 0 Å². The molecule has 0 spiro atoms. The summed E-state index contributed by atoms with van der Waals surface area (Å²) in [6.45, 7) is 9.45. The smallest absolute Gasteiger partial charge is 0.208 e. The monoisotopic (exact) mass is 361 g/mol. The molecule has 1 aliphatic rings. The minimum Gasteiger partial charge on any atom is -0.357 e. The number of likely N-dealkylation sites (tertiary alicyclic amines) is 1. The molecule has 1 unspecified atom stereocenters. The zero-order chi connectivity index (χ0) is 17.8. The summed E-state index contributed by atoms with van der Waals surface area (Å²) in [4.78, 5) is 7.16.